The van der Waals surface area contributed by atoms with Crippen molar-refractivity contribution in [3.8, 4) is 0 Å². The van der Waals surface area contributed by atoms with Gasteiger partial charge in [0.05, 0.1) is 0 Å². The molecule has 2 aliphatic rings. The molecule has 0 saturated carbocycles. The Kier molecular flexibility index (Phi) is 4.97. The summed E-state index contributed by atoms with van der Waals surface area (Å²) >= 11 is 0. The lowest BCUT2D eigenvalue weighted by Gasteiger charge is -2.48. The number of nitrogen functional groups attached to an aromatic ring is 1. The fraction of sp³-hybridized carbons (Fsp3) is 0.476. The molecular weight excluding hydrogens is 338 g/mol. The third-order valence-corrected chi connectivity index (χ3v) is 5.87. The van der Waals surface area contributed by atoms with Crippen LogP contribution >= 0.6 is 0 Å². The van der Waals surface area contributed by atoms with Crippen molar-refractivity contribution in [2.45, 2.75) is 32.1 Å². The van der Waals surface area contributed by atoms with Crippen molar-refractivity contribution in [1.29, 1.82) is 0 Å². The van der Waals surface area contributed by atoms with E-state index in [2.05, 4.69) is 44.0 Å². The first-order valence-electron chi connectivity index (χ1n) is 9.79. The quantitative estimate of drug-likeness (QED) is 0.901. The zero-order chi connectivity index (χ0) is 18.7. The maximum atomic E-state index is 12.5. The molecule has 1 unspecified atom stereocenters. The minimum Gasteiger partial charge on any atom is -0.384 e. The molecule has 1 amide bonds. The zero-order valence-electron chi connectivity index (χ0n) is 15.7. The fourth-order valence-corrected chi connectivity index (χ4v) is 4.44. The summed E-state index contributed by atoms with van der Waals surface area (Å²) in [7, 11) is 0. The average molecular weight is 365 g/mol. The van der Waals surface area contributed by atoms with E-state index in [0.717, 1.165) is 51.9 Å². The SMILES string of the molecule is Nc1ccnc(N2CCCC3(CCC(=O)N(CCc4ccccc4)C3)C2)n1. The van der Waals surface area contributed by atoms with E-state index in [1.165, 1.54) is 5.56 Å². The Balaban J connectivity index is 1.44. The molecule has 1 aromatic heterocycles. The van der Waals surface area contributed by atoms with Gasteiger partial charge in [-0.15, -0.1) is 0 Å². The molecule has 1 aromatic carbocycles. The van der Waals surface area contributed by atoms with Gasteiger partial charge in [0.15, 0.2) is 0 Å². The number of hydrogen-bond acceptors (Lipinski definition) is 5. The van der Waals surface area contributed by atoms with Gasteiger partial charge in [0, 0.05) is 44.2 Å². The third-order valence-electron chi connectivity index (χ3n) is 5.87. The van der Waals surface area contributed by atoms with Crippen LogP contribution in [0.4, 0.5) is 11.8 Å². The topological polar surface area (TPSA) is 75.3 Å². The summed E-state index contributed by atoms with van der Waals surface area (Å²) in [5.74, 6) is 1.50. The number of benzene rings is 1. The van der Waals surface area contributed by atoms with E-state index in [0.29, 0.717) is 18.2 Å². The second-order valence-electron chi connectivity index (χ2n) is 7.86. The van der Waals surface area contributed by atoms with Crippen LogP contribution in [-0.4, -0.2) is 47.0 Å². The van der Waals surface area contributed by atoms with Crippen molar-refractivity contribution in [2.24, 2.45) is 5.41 Å². The molecule has 0 aliphatic carbocycles. The van der Waals surface area contributed by atoms with Gasteiger partial charge in [-0.05, 0) is 37.3 Å². The smallest absolute Gasteiger partial charge is 0.227 e. The van der Waals surface area contributed by atoms with E-state index in [1.54, 1.807) is 12.3 Å². The molecule has 2 N–H and O–H groups in total. The minimum absolute atomic E-state index is 0.136. The maximum Gasteiger partial charge on any atom is 0.227 e. The van der Waals surface area contributed by atoms with Crippen molar-refractivity contribution in [3.63, 3.8) is 0 Å². The molecule has 1 spiro atoms. The van der Waals surface area contributed by atoms with E-state index in [1.807, 2.05) is 6.07 Å². The Morgan fingerprint density at radius 2 is 1.96 bits per heavy atom. The van der Waals surface area contributed by atoms with E-state index in [4.69, 9.17) is 5.73 Å². The van der Waals surface area contributed by atoms with Gasteiger partial charge in [-0.25, -0.2) is 4.98 Å². The first kappa shape index (κ1) is 17.8. The van der Waals surface area contributed by atoms with Crippen molar-refractivity contribution >= 4 is 17.7 Å². The van der Waals surface area contributed by atoms with Gasteiger partial charge in [-0.2, -0.15) is 4.98 Å². The van der Waals surface area contributed by atoms with Crippen LogP contribution in [0.3, 0.4) is 0 Å². The van der Waals surface area contributed by atoms with Crippen LogP contribution < -0.4 is 10.6 Å². The molecule has 6 heteroatoms. The Bertz CT molecular complexity index is 796. The Morgan fingerprint density at radius 3 is 2.78 bits per heavy atom. The third kappa shape index (κ3) is 4.04. The first-order valence-corrected chi connectivity index (χ1v) is 9.79. The minimum atomic E-state index is 0.136. The van der Waals surface area contributed by atoms with E-state index in [9.17, 15) is 4.79 Å². The van der Waals surface area contributed by atoms with Crippen molar-refractivity contribution in [2.75, 3.05) is 36.8 Å². The summed E-state index contributed by atoms with van der Waals surface area (Å²) in [6.45, 7) is 3.46. The number of aromatic nitrogens is 2. The fourth-order valence-electron chi connectivity index (χ4n) is 4.44. The number of amides is 1. The Hall–Kier alpha value is -2.63. The van der Waals surface area contributed by atoms with E-state index < -0.39 is 0 Å². The van der Waals surface area contributed by atoms with Crippen molar-refractivity contribution < 1.29 is 4.79 Å². The highest BCUT2D eigenvalue weighted by atomic mass is 16.2. The van der Waals surface area contributed by atoms with Gasteiger partial charge >= 0.3 is 0 Å². The predicted octanol–water partition coefficient (Wildman–Crippen LogP) is 2.51. The molecule has 3 heterocycles. The number of anilines is 2. The van der Waals surface area contributed by atoms with Crippen LogP contribution in [0.1, 0.15) is 31.2 Å². The summed E-state index contributed by atoms with van der Waals surface area (Å²) in [6, 6.07) is 12.1. The van der Waals surface area contributed by atoms with Gasteiger partial charge < -0.3 is 15.5 Å². The summed E-state index contributed by atoms with van der Waals surface area (Å²) in [6.07, 6.45) is 6.47. The van der Waals surface area contributed by atoms with Gasteiger partial charge in [-0.1, -0.05) is 30.3 Å². The predicted molar refractivity (Wildman–Crippen MR) is 106 cm³/mol. The van der Waals surface area contributed by atoms with Gasteiger partial charge in [0.25, 0.3) is 0 Å². The maximum absolute atomic E-state index is 12.5. The highest BCUT2D eigenvalue weighted by Crippen LogP contribution is 2.39. The standard InChI is InChI=1S/C21H27N5O/c22-18-8-12-23-20(24-18)26-13-4-10-21(16-26)11-7-19(27)25(15-21)14-9-17-5-2-1-3-6-17/h1-3,5-6,8,12H,4,7,9-11,13-16H2,(H2,22,23,24). The van der Waals surface area contributed by atoms with Gasteiger partial charge in [0.1, 0.15) is 5.82 Å². The lowest BCUT2D eigenvalue weighted by atomic mass is 9.73. The monoisotopic (exact) mass is 365 g/mol. The number of carbonyl (C=O) groups is 1. The second kappa shape index (κ2) is 7.55. The Labute approximate surface area is 160 Å². The summed E-state index contributed by atoms with van der Waals surface area (Å²) in [5, 5.41) is 0. The van der Waals surface area contributed by atoms with Crippen LogP contribution in [0.25, 0.3) is 0 Å². The van der Waals surface area contributed by atoms with Gasteiger partial charge in [0.2, 0.25) is 11.9 Å². The molecule has 142 valence electrons. The molecule has 27 heavy (non-hydrogen) atoms. The molecule has 2 fully saturated rings. The molecule has 2 aromatic rings. The number of nitrogens with two attached hydrogens (primary N) is 1. The Morgan fingerprint density at radius 1 is 1.11 bits per heavy atom. The molecule has 2 saturated heterocycles. The number of likely N-dealkylation sites (tertiary alicyclic amines) is 1. The normalized spacial score (nSPS) is 23.0. The molecule has 2 aliphatic heterocycles. The number of rotatable bonds is 4. The lowest BCUT2D eigenvalue weighted by Crippen LogP contribution is -2.54. The largest absolute Gasteiger partial charge is 0.384 e. The van der Waals surface area contributed by atoms with Crippen LogP contribution in [0.15, 0.2) is 42.6 Å². The molecule has 0 bridgehead atoms. The number of carbonyl (C=O) groups excluding carboxylic acids is 1. The number of piperidine rings is 2. The van der Waals surface area contributed by atoms with Gasteiger partial charge in [-0.3, -0.25) is 4.79 Å². The van der Waals surface area contributed by atoms with E-state index in [-0.39, 0.29) is 11.3 Å². The summed E-state index contributed by atoms with van der Waals surface area (Å²) in [4.78, 5) is 25.6. The van der Waals surface area contributed by atoms with Crippen LogP contribution in [0.2, 0.25) is 0 Å². The summed E-state index contributed by atoms with van der Waals surface area (Å²) < 4.78 is 0. The first-order chi connectivity index (χ1) is 13.1. The molecule has 6 nitrogen and oxygen atoms in total. The van der Waals surface area contributed by atoms with Crippen molar-refractivity contribution in [1.82, 2.24) is 14.9 Å². The van der Waals surface area contributed by atoms with Crippen molar-refractivity contribution in [3.05, 3.63) is 48.2 Å². The highest BCUT2D eigenvalue weighted by molar-refractivity contribution is 5.77. The van der Waals surface area contributed by atoms with Crippen LogP contribution in [0.5, 0.6) is 0 Å². The molecule has 0 radical (unpaired) electrons. The van der Waals surface area contributed by atoms with E-state index >= 15 is 0 Å². The summed E-state index contributed by atoms with van der Waals surface area (Å²) in [5.41, 5.74) is 7.26. The van der Waals surface area contributed by atoms with Crippen LogP contribution in [-0.2, 0) is 11.2 Å². The van der Waals surface area contributed by atoms with Crippen LogP contribution in [0, 0.1) is 5.41 Å². The number of nitrogens with zero attached hydrogens (tertiary/aromatic N) is 4. The molecule has 1 atom stereocenters. The lowest BCUT2D eigenvalue weighted by molar-refractivity contribution is -0.137. The zero-order valence-corrected chi connectivity index (χ0v) is 15.7. The highest BCUT2D eigenvalue weighted by Gasteiger charge is 2.42. The molecule has 4 rings (SSSR count). The second-order valence-corrected chi connectivity index (χ2v) is 7.86. The average Bonchev–Trinajstić information content (AvgIpc) is 2.70. The molecular formula is C21H27N5O. The number of hydrogen-bond donors (Lipinski definition) is 1.